The maximum Gasteiger partial charge on any atom is 0.226 e. The second-order valence-corrected chi connectivity index (χ2v) is 7.02. The Morgan fingerprint density at radius 3 is 2.72 bits per heavy atom. The Balaban J connectivity index is 1.75. The number of hydrogen-bond acceptors (Lipinski definition) is 4. The highest BCUT2D eigenvalue weighted by atomic mass is 16.5. The summed E-state index contributed by atoms with van der Waals surface area (Å²) < 4.78 is 7.22. The second-order valence-electron chi connectivity index (χ2n) is 7.02. The van der Waals surface area contributed by atoms with Crippen LogP contribution in [0.5, 0.6) is 5.88 Å². The number of fused-ring (bicyclic) bond motifs is 1. The molecule has 1 amide bonds. The van der Waals surface area contributed by atoms with E-state index in [1.807, 2.05) is 25.3 Å². The Bertz CT molecular complexity index is 775. The van der Waals surface area contributed by atoms with Crippen LogP contribution < -0.4 is 10.1 Å². The van der Waals surface area contributed by atoms with Gasteiger partial charge in [0.1, 0.15) is 5.82 Å². The van der Waals surface area contributed by atoms with Gasteiger partial charge >= 0.3 is 0 Å². The third-order valence-corrected chi connectivity index (χ3v) is 5.42. The van der Waals surface area contributed by atoms with Gasteiger partial charge in [0.05, 0.1) is 18.8 Å². The zero-order valence-electron chi connectivity index (χ0n) is 14.8. The van der Waals surface area contributed by atoms with Gasteiger partial charge in [-0.1, -0.05) is 25.3 Å². The molecule has 0 radical (unpaired) electrons. The molecule has 3 heterocycles. The van der Waals surface area contributed by atoms with Crippen LogP contribution in [0.2, 0.25) is 0 Å². The van der Waals surface area contributed by atoms with Crippen LogP contribution in [0.25, 0.3) is 0 Å². The van der Waals surface area contributed by atoms with Crippen molar-refractivity contribution in [2.24, 2.45) is 0 Å². The van der Waals surface area contributed by atoms with Crippen LogP contribution in [-0.4, -0.2) is 27.8 Å². The number of anilines is 1. The monoisotopic (exact) mass is 340 g/mol. The molecule has 1 N–H and O–H groups in total. The molecule has 1 aliphatic carbocycles. The predicted octanol–water partition coefficient (Wildman–Crippen LogP) is 3.57. The van der Waals surface area contributed by atoms with Crippen molar-refractivity contribution >= 4 is 11.7 Å². The van der Waals surface area contributed by atoms with E-state index in [0.717, 1.165) is 35.5 Å². The summed E-state index contributed by atoms with van der Waals surface area (Å²) in [5.74, 6) is 1.52. The lowest BCUT2D eigenvalue weighted by atomic mass is 9.86. The summed E-state index contributed by atoms with van der Waals surface area (Å²) in [5.41, 5.74) is 3.17. The number of carbonyl (C=O) groups is 1. The average molecular weight is 340 g/mol. The maximum atomic E-state index is 12.4. The summed E-state index contributed by atoms with van der Waals surface area (Å²) >= 11 is 0. The molecule has 1 fully saturated rings. The highest BCUT2D eigenvalue weighted by Gasteiger charge is 2.34. The number of aromatic nitrogens is 3. The van der Waals surface area contributed by atoms with Crippen molar-refractivity contribution in [1.29, 1.82) is 0 Å². The number of methoxy groups -OCH3 is 1. The fraction of sp³-hybridized carbons (Fsp3) is 0.526. The van der Waals surface area contributed by atoms with Crippen molar-refractivity contribution < 1.29 is 9.53 Å². The lowest BCUT2D eigenvalue weighted by Gasteiger charge is -2.28. The smallest absolute Gasteiger partial charge is 0.226 e. The van der Waals surface area contributed by atoms with Crippen LogP contribution in [0.4, 0.5) is 5.82 Å². The number of ether oxygens (including phenoxy) is 1. The number of nitrogens with zero attached hydrogens (tertiary/aromatic N) is 3. The lowest BCUT2D eigenvalue weighted by Crippen LogP contribution is -2.26. The van der Waals surface area contributed by atoms with E-state index in [4.69, 9.17) is 9.84 Å². The van der Waals surface area contributed by atoms with Crippen LogP contribution in [0.15, 0.2) is 18.3 Å². The quantitative estimate of drug-likeness (QED) is 0.927. The minimum Gasteiger partial charge on any atom is -0.481 e. The number of hydrogen-bond donors (Lipinski definition) is 1. The molecule has 1 unspecified atom stereocenters. The van der Waals surface area contributed by atoms with Gasteiger partial charge in [-0.05, 0) is 25.3 Å². The van der Waals surface area contributed by atoms with E-state index >= 15 is 0 Å². The van der Waals surface area contributed by atoms with Crippen molar-refractivity contribution in [3.63, 3.8) is 0 Å². The number of nitrogens with one attached hydrogen (secondary N) is 1. The van der Waals surface area contributed by atoms with Gasteiger partial charge in [-0.15, -0.1) is 0 Å². The maximum absolute atomic E-state index is 12.4. The Morgan fingerprint density at radius 1 is 1.24 bits per heavy atom. The molecule has 0 bridgehead atoms. The van der Waals surface area contributed by atoms with E-state index in [0.29, 0.717) is 18.3 Å². The summed E-state index contributed by atoms with van der Waals surface area (Å²) in [7, 11) is 1.60. The molecule has 6 heteroatoms. The van der Waals surface area contributed by atoms with Crippen LogP contribution in [-0.2, 0) is 4.79 Å². The summed E-state index contributed by atoms with van der Waals surface area (Å²) in [5, 5.41) is 7.90. The zero-order valence-corrected chi connectivity index (χ0v) is 14.8. The first-order chi connectivity index (χ1) is 12.2. The van der Waals surface area contributed by atoms with Gasteiger partial charge in [0.15, 0.2) is 0 Å². The molecule has 2 aliphatic rings. The Labute approximate surface area is 147 Å². The van der Waals surface area contributed by atoms with E-state index < -0.39 is 0 Å². The van der Waals surface area contributed by atoms with Crippen LogP contribution >= 0.6 is 0 Å². The Hall–Kier alpha value is -2.37. The molecule has 4 rings (SSSR count). The van der Waals surface area contributed by atoms with Crippen molar-refractivity contribution in [3.8, 4) is 5.88 Å². The summed E-state index contributed by atoms with van der Waals surface area (Å²) in [6.07, 6.45) is 8.28. The molecule has 0 saturated heterocycles. The number of amides is 1. The Kier molecular flexibility index (Phi) is 4.19. The van der Waals surface area contributed by atoms with Crippen molar-refractivity contribution in [3.05, 3.63) is 35.2 Å². The highest BCUT2D eigenvalue weighted by molar-refractivity contribution is 5.94. The number of aryl methyl sites for hydroxylation is 1. The lowest BCUT2D eigenvalue weighted by molar-refractivity contribution is -0.116. The highest BCUT2D eigenvalue weighted by Crippen LogP contribution is 2.42. The van der Waals surface area contributed by atoms with Gasteiger partial charge in [0, 0.05) is 30.2 Å². The summed E-state index contributed by atoms with van der Waals surface area (Å²) in [6, 6.07) is 4.24. The van der Waals surface area contributed by atoms with Crippen molar-refractivity contribution in [1.82, 2.24) is 14.8 Å². The third kappa shape index (κ3) is 2.90. The van der Waals surface area contributed by atoms with E-state index in [9.17, 15) is 4.79 Å². The number of carbonyl (C=O) groups excluding carboxylic acids is 1. The SMILES string of the molecule is COc1ccc(C2CC(=O)Nc3c2c(C)nn3C2CCCCC2)cn1. The normalized spacial score (nSPS) is 20.9. The van der Waals surface area contributed by atoms with E-state index in [2.05, 4.69) is 15.0 Å². The first-order valence-corrected chi connectivity index (χ1v) is 9.06. The first-order valence-electron chi connectivity index (χ1n) is 9.06. The minimum atomic E-state index is -0.000466. The third-order valence-electron chi connectivity index (χ3n) is 5.42. The summed E-state index contributed by atoms with van der Waals surface area (Å²) in [6.45, 7) is 2.04. The largest absolute Gasteiger partial charge is 0.481 e. The van der Waals surface area contributed by atoms with Gasteiger partial charge in [-0.25, -0.2) is 9.67 Å². The van der Waals surface area contributed by atoms with Crippen LogP contribution in [0.1, 0.15) is 67.3 Å². The molecular formula is C19H24N4O2. The number of rotatable bonds is 3. The number of pyridine rings is 1. The Morgan fingerprint density at radius 2 is 2.04 bits per heavy atom. The van der Waals surface area contributed by atoms with E-state index in [-0.39, 0.29) is 11.8 Å². The molecular weight excluding hydrogens is 316 g/mol. The fourth-order valence-electron chi connectivity index (χ4n) is 4.17. The van der Waals surface area contributed by atoms with Crippen molar-refractivity contribution in [2.45, 2.75) is 57.4 Å². The molecule has 1 aliphatic heterocycles. The fourth-order valence-corrected chi connectivity index (χ4v) is 4.17. The van der Waals surface area contributed by atoms with Gasteiger partial charge in [-0.3, -0.25) is 4.79 Å². The van der Waals surface area contributed by atoms with Gasteiger partial charge < -0.3 is 10.1 Å². The van der Waals surface area contributed by atoms with Gasteiger partial charge in [0.25, 0.3) is 0 Å². The van der Waals surface area contributed by atoms with Crippen LogP contribution in [0.3, 0.4) is 0 Å². The molecule has 1 atom stereocenters. The summed E-state index contributed by atoms with van der Waals surface area (Å²) in [4.78, 5) is 16.7. The first kappa shape index (κ1) is 16.1. The molecule has 132 valence electrons. The second kappa shape index (κ2) is 6.50. The molecule has 0 aromatic carbocycles. The molecule has 6 nitrogen and oxygen atoms in total. The van der Waals surface area contributed by atoms with E-state index in [1.165, 1.54) is 19.3 Å². The van der Waals surface area contributed by atoms with Crippen molar-refractivity contribution in [2.75, 3.05) is 12.4 Å². The average Bonchev–Trinajstić information content (AvgIpc) is 2.98. The topological polar surface area (TPSA) is 69.0 Å². The predicted molar refractivity (Wildman–Crippen MR) is 95.0 cm³/mol. The van der Waals surface area contributed by atoms with Crippen LogP contribution in [0, 0.1) is 6.92 Å². The molecule has 1 saturated carbocycles. The molecule has 2 aromatic heterocycles. The van der Waals surface area contributed by atoms with Gasteiger partial charge in [-0.2, -0.15) is 5.10 Å². The standard InChI is InChI=1S/C19H24N4O2/c1-12-18-15(13-8-9-17(25-2)20-11-13)10-16(24)21-19(18)23(22-12)14-6-4-3-5-7-14/h8-9,11,14-15H,3-7,10H2,1-2H3,(H,21,24). The molecule has 0 spiro atoms. The van der Waals surface area contributed by atoms with E-state index in [1.54, 1.807) is 7.11 Å². The zero-order chi connectivity index (χ0) is 17.4. The molecule has 2 aromatic rings. The van der Waals surface area contributed by atoms with Gasteiger partial charge in [0.2, 0.25) is 11.8 Å². The minimum absolute atomic E-state index is 0.000466. The molecule has 25 heavy (non-hydrogen) atoms.